The summed E-state index contributed by atoms with van der Waals surface area (Å²) in [6.07, 6.45) is 0. The van der Waals surface area contributed by atoms with Crippen molar-refractivity contribution in [1.82, 2.24) is 0 Å². The van der Waals surface area contributed by atoms with Gasteiger partial charge in [0.1, 0.15) is 23.0 Å². The summed E-state index contributed by atoms with van der Waals surface area (Å²) in [6.45, 7) is 22.0. The summed E-state index contributed by atoms with van der Waals surface area (Å²) in [5, 5.41) is 0. The number of nitrogens with zero attached hydrogens (tertiary/aromatic N) is 2. The van der Waals surface area contributed by atoms with Gasteiger partial charge in [-0.3, -0.25) is 0 Å². The van der Waals surface area contributed by atoms with Crippen LogP contribution in [0.15, 0.2) is 218 Å². The van der Waals surface area contributed by atoms with E-state index in [1.165, 1.54) is 88.8 Å². The Hall–Kier alpha value is -9.25. The van der Waals surface area contributed by atoms with E-state index in [9.17, 15) is 0 Å². The van der Waals surface area contributed by atoms with Gasteiger partial charge in [-0.25, -0.2) is 0 Å². The second-order valence-electron chi connectivity index (χ2n) is 25.8. The molecule has 0 fully saturated rings. The molecule has 86 heavy (non-hydrogen) atoms. The van der Waals surface area contributed by atoms with Crippen molar-refractivity contribution < 1.29 is 9.47 Å². The van der Waals surface area contributed by atoms with E-state index < -0.39 is 0 Å². The van der Waals surface area contributed by atoms with Gasteiger partial charge >= 0.3 is 0 Å². The van der Waals surface area contributed by atoms with Crippen molar-refractivity contribution in [2.24, 2.45) is 0 Å². The molecule has 0 bridgehead atoms. The summed E-state index contributed by atoms with van der Waals surface area (Å²) in [4.78, 5) is 5.01. The van der Waals surface area contributed by atoms with Crippen molar-refractivity contribution in [3.8, 4) is 67.5 Å². The number of hydrogen-bond donors (Lipinski definition) is 0. The Bertz CT molecular complexity index is 4180. The van der Waals surface area contributed by atoms with Crippen LogP contribution in [0.2, 0.25) is 0 Å². The van der Waals surface area contributed by atoms with Crippen molar-refractivity contribution in [2.45, 2.75) is 92.9 Å². The molecule has 418 valence electrons. The first kappa shape index (κ1) is 53.5. The van der Waals surface area contributed by atoms with Gasteiger partial charge in [0.05, 0.1) is 11.4 Å². The highest BCUT2D eigenvalue weighted by atomic mass is 16.5. The molecule has 4 aliphatic rings. The smallest absolute Gasteiger partial charge is 0.256 e. The monoisotopic (exact) mass is 1110 g/mol. The molecule has 0 saturated heterocycles. The quantitative estimate of drug-likeness (QED) is 0.127. The van der Waals surface area contributed by atoms with E-state index in [0.717, 1.165) is 79.0 Å². The molecule has 4 aliphatic heterocycles. The fraction of sp³-hybridized carbons (Fsp3) is 0.175. The van der Waals surface area contributed by atoms with Crippen LogP contribution in [-0.4, -0.2) is 13.4 Å². The molecule has 0 aromatic heterocycles. The lowest BCUT2D eigenvalue weighted by Gasteiger charge is -2.47. The predicted octanol–water partition coefficient (Wildman–Crippen LogP) is 18.3. The summed E-state index contributed by atoms with van der Waals surface area (Å²) in [5.41, 5.74) is 30.4. The van der Waals surface area contributed by atoms with E-state index in [1.54, 1.807) is 0 Å². The summed E-state index contributed by atoms with van der Waals surface area (Å²) in [7, 11) is 0. The average Bonchev–Trinajstić information content (AvgIpc) is 0.702. The van der Waals surface area contributed by atoms with Gasteiger partial charge < -0.3 is 19.3 Å². The second kappa shape index (κ2) is 20.8. The van der Waals surface area contributed by atoms with Crippen LogP contribution in [-0.2, 0) is 0 Å². The molecule has 0 aliphatic carbocycles. The highest BCUT2D eigenvalue weighted by Gasteiger charge is 2.52. The topological polar surface area (TPSA) is 24.9 Å². The number of rotatable bonds is 10. The molecule has 11 aromatic rings. The van der Waals surface area contributed by atoms with Crippen LogP contribution in [0, 0.1) is 13.8 Å². The van der Waals surface area contributed by atoms with Crippen LogP contribution in [0.4, 0.5) is 34.1 Å². The molecule has 4 nitrogen and oxygen atoms in total. The molecular formula is C80H70B2N2O2. The van der Waals surface area contributed by atoms with Crippen molar-refractivity contribution in [3.05, 3.63) is 252 Å². The van der Waals surface area contributed by atoms with Gasteiger partial charge in [-0.15, -0.1) is 0 Å². The fourth-order valence-electron chi connectivity index (χ4n) is 14.0. The minimum atomic E-state index is -0.220. The van der Waals surface area contributed by atoms with Crippen molar-refractivity contribution >= 4 is 80.3 Å². The van der Waals surface area contributed by atoms with Gasteiger partial charge in [-0.2, -0.15) is 0 Å². The maximum atomic E-state index is 7.80. The van der Waals surface area contributed by atoms with Crippen LogP contribution in [0.1, 0.15) is 112 Å². The van der Waals surface area contributed by atoms with E-state index in [1.807, 2.05) is 0 Å². The minimum absolute atomic E-state index is 0.220. The second-order valence-corrected chi connectivity index (χ2v) is 25.8. The van der Waals surface area contributed by atoms with E-state index in [0.29, 0.717) is 23.7 Å². The number of hydrogen-bond acceptors (Lipinski definition) is 4. The number of anilines is 6. The predicted molar refractivity (Wildman–Crippen MR) is 366 cm³/mol. The molecule has 0 N–H and O–H groups in total. The minimum Gasteiger partial charge on any atom is -0.456 e. The molecule has 0 amide bonds. The standard InChI is InChI=1S/C80H70B2N2O2/c1-47(2)53-13-21-57(22-14-53)59-29-35-65(36-30-59)83-71-39-33-63(61-25-17-55(18-26-61)49(5)6)45-67(71)81-69-43-51(9)12-42-74(69)86-80-75(81)77(83)79-76-78(80)84(66-37-31-60(32-38-66)58-23-15-54(16-24-58)48(3)4)72-40-34-64(62-27-19-56(20-28-62)50(7)8)46-68(72)82(76)70-44-52(10)11-41-73(70)85-79/h11-50H,1-10H3. The summed E-state index contributed by atoms with van der Waals surface area (Å²) >= 11 is 0. The van der Waals surface area contributed by atoms with Gasteiger partial charge in [0.2, 0.25) is 0 Å². The van der Waals surface area contributed by atoms with Crippen molar-refractivity contribution in [1.29, 1.82) is 0 Å². The fourth-order valence-corrected chi connectivity index (χ4v) is 14.0. The number of benzene rings is 11. The highest BCUT2D eigenvalue weighted by Crippen LogP contribution is 2.54. The zero-order valence-electron chi connectivity index (χ0n) is 51.0. The molecule has 6 heteroatoms. The van der Waals surface area contributed by atoms with Crippen LogP contribution < -0.4 is 52.1 Å². The molecule has 0 saturated carbocycles. The van der Waals surface area contributed by atoms with Crippen LogP contribution in [0.3, 0.4) is 0 Å². The summed E-state index contributed by atoms with van der Waals surface area (Å²) in [5.74, 6) is 5.21. The Balaban J connectivity index is 1.03. The van der Waals surface area contributed by atoms with Crippen LogP contribution >= 0.6 is 0 Å². The first-order chi connectivity index (χ1) is 41.7. The molecule has 0 atom stereocenters. The lowest BCUT2D eigenvalue weighted by Crippen LogP contribution is -2.64. The van der Waals surface area contributed by atoms with E-state index in [2.05, 4.69) is 297 Å². The van der Waals surface area contributed by atoms with E-state index >= 15 is 0 Å². The summed E-state index contributed by atoms with van der Waals surface area (Å²) < 4.78 is 15.6. The zero-order valence-corrected chi connectivity index (χ0v) is 51.0. The molecule has 0 unspecified atom stereocenters. The van der Waals surface area contributed by atoms with E-state index in [4.69, 9.17) is 9.47 Å². The highest BCUT2D eigenvalue weighted by molar-refractivity contribution is 7.02. The lowest BCUT2D eigenvalue weighted by atomic mass is 9.31. The number of aryl methyl sites for hydroxylation is 2. The van der Waals surface area contributed by atoms with Gasteiger partial charge in [0.25, 0.3) is 13.4 Å². The van der Waals surface area contributed by atoms with Crippen molar-refractivity contribution in [3.63, 3.8) is 0 Å². The SMILES string of the molecule is Cc1ccc2c(c1)B1c3cc(-c4ccc(C(C)C)cc4)ccc3N(c3ccc(-c4ccc(C(C)C)cc4)cc3)c3c4c5c(c(c31)O2)N(c1ccc(-c2ccc(C(C)C)cc2)cc1)c1ccc(-c2ccc(C(C)C)cc2)cc1B5c1cc(C)ccc1O4. The Morgan fingerprint density at radius 2 is 0.570 bits per heavy atom. The largest absolute Gasteiger partial charge is 0.456 e. The maximum Gasteiger partial charge on any atom is 0.256 e. The molecule has 4 heterocycles. The van der Waals surface area contributed by atoms with Gasteiger partial charge in [-0.1, -0.05) is 236 Å². The average molecular weight is 1110 g/mol. The normalized spacial score (nSPS) is 13.3. The Labute approximate surface area is 508 Å². The lowest BCUT2D eigenvalue weighted by molar-refractivity contribution is 0.477. The van der Waals surface area contributed by atoms with Crippen molar-refractivity contribution in [2.75, 3.05) is 9.80 Å². The molecule has 11 aromatic carbocycles. The van der Waals surface area contributed by atoms with Crippen LogP contribution in [0.5, 0.6) is 23.0 Å². The zero-order chi connectivity index (χ0) is 58.8. The maximum absolute atomic E-state index is 7.80. The molecule has 15 rings (SSSR count). The number of ether oxygens (including phenoxy) is 2. The van der Waals surface area contributed by atoms with Gasteiger partial charge in [-0.05, 0) is 175 Å². The third kappa shape index (κ3) is 8.82. The Morgan fingerprint density at radius 1 is 0.291 bits per heavy atom. The Morgan fingerprint density at radius 3 is 0.872 bits per heavy atom. The molecule has 0 radical (unpaired) electrons. The number of fused-ring (bicyclic) bond motifs is 10. The third-order valence-corrected chi connectivity index (χ3v) is 18.9. The molecular weight excluding hydrogens is 1040 g/mol. The van der Waals surface area contributed by atoms with E-state index in [-0.39, 0.29) is 13.4 Å². The van der Waals surface area contributed by atoms with Gasteiger partial charge in [0, 0.05) is 33.7 Å². The third-order valence-electron chi connectivity index (χ3n) is 18.9. The summed E-state index contributed by atoms with van der Waals surface area (Å²) in [6, 6.07) is 82.8. The Kier molecular flexibility index (Phi) is 12.9. The first-order valence-electron chi connectivity index (χ1n) is 31.0. The molecule has 0 spiro atoms. The van der Waals surface area contributed by atoms with Gasteiger partial charge in [0.15, 0.2) is 0 Å². The van der Waals surface area contributed by atoms with Crippen LogP contribution in [0.25, 0.3) is 44.5 Å². The first-order valence-corrected chi connectivity index (χ1v) is 31.0.